The summed E-state index contributed by atoms with van der Waals surface area (Å²) in [5.41, 5.74) is 7.57. The number of rotatable bonds is 10. The number of nitrogens with two attached hydrogens (primary N) is 1. The number of aromatic hydroxyl groups is 1. The van der Waals surface area contributed by atoms with Gasteiger partial charge in [-0.2, -0.15) is 0 Å². The molecule has 0 saturated carbocycles. The van der Waals surface area contributed by atoms with Crippen LogP contribution in [0.4, 0.5) is 4.79 Å². The SMILES string of the molecule is NC(=O)C(Cc1ccc(O)cc1)NC(=O)C(Cc1cnc[nH]1)NC(=O)OCc1ccccc1. The molecule has 0 aliphatic rings. The number of benzene rings is 2. The van der Waals surface area contributed by atoms with Gasteiger partial charge in [0.15, 0.2) is 0 Å². The summed E-state index contributed by atoms with van der Waals surface area (Å²) in [5.74, 6) is -1.26. The molecule has 2 aromatic carbocycles. The van der Waals surface area contributed by atoms with Crippen molar-refractivity contribution in [3.8, 4) is 5.75 Å². The van der Waals surface area contributed by atoms with Gasteiger partial charge in [-0.3, -0.25) is 9.59 Å². The van der Waals surface area contributed by atoms with Crippen molar-refractivity contribution in [2.45, 2.75) is 31.5 Å². The molecule has 10 nitrogen and oxygen atoms in total. The molecule has 0 aliphatic heterocycles. The van der Waals surface area contributed by atoms with Crippen LogP contribution in [0, 0.1) is 0 Å². The third kappa shape index (κ3) is 7.39. The molecule has 3 rings (SSSR count). The quantitative estimate of drug-likeness (QED) is 0.311. The Balaban J connectivity index is 1.66. The van der Waals surface area contributed by atoms with E-state index in [2.05, 4.69) is 20.6 Å². The molecule has 2 unspecified atom stereocenters. The number of phenolic OH excluding ortho intramolecular Hbond substituents is 1. The highest BCUT2D eigenvalue weighted by Gasteiger charge is 2.27. The van der Waals surface area contributed by atoms with Crippen molar-refractivity contribution in [3.05, 3.63) is 83.9 Å². The summed E-state index contributed by atoms with van der Waals surface area (Å²) in [5, 5.41) is 14.5. The summed E-state index contributed by atoms with van der Waals surface area (Å²) in [6.45, 7) is 0.0375. The minimum absolute atomic E-state index is 0.0375. The fourth-order valence-electron chi connectivity index (χ4n) is 3.10. The van der Waals surface area contributed by atoms with Gasteiger partial charge in [0.1, 0.15) is 24.4 Å². The molecule has 0 spiro atoms. The van der Waals surface area contributed by atoms with E-state index in [-0.39, 0.29) is 25.2 Å². The minimum atomic E-state index is -1.05. The lowest BCUT2D eigenvalue weighted by Gasteiger charge is -2.21. The Labute approximate surface area is 190 Å². The van der Waals surface area contributed by atoms with E-state index in [1.807, 2.05) is 30.3 Å². The van der Waals surface area contributed by atoms with Gasteiger partial charge in [-0.05, 0) is 23.3 Å². The van der Waals surface area contributed by atoms with E-state index in [0.29, 0.717) is 11.3 Å². The average Bonchev–Trinajstić information content (AvgIpc) is 3.32. The smallest absolute Gasteiger partial charge is 0.408 e. The standard InChI is InChI=1S/C23H25N5O5/c24-21(30)19(10-15-6-8-18(29)9-7-15)27-22(31)20(11-17-12-25-14-26-17)28-23(32)33-13-16-4-2-1-3-5-16/h1-9,12,14,19-20,29H,10-11,13H2,(H2,24,30)(H,25,26)(H,27,31)(H,28,32). The molecule has 3 amide bonds. The monoisotopic (exact) mass is 451 g/mol. The number of primary amides is 1. The predicted molar refractivity (Wildman–Crippen MR) is 119 cm³/mol. The number of phenols is 1. The van der Waals surface area contributed by atoms with Gasteiger partial charge < -0.3 is 31.2 Å². The van der Waals surface area contributed by atoms with Gasteiger partial charge in [0.2, 0.25) is 11.8 Å². The molecule has 6 N–H and O–H groups in total. The Morgan fingerprint density at radius 2 is 1.70 bits per heavy atom. The van der Waals surface area contributed by atoms with Crippen LogP contribution in [-0.2, 0) is 33.8 Å². The second-order valence-electron chi connectivity index (χ2n) is 7.37. The third-order valence-electron chi connectivity index (χ3n) is 4.84. The zero-order valence-electron chi connectivity index (χ0n) is 17.7. The van der Waals surface area contributed by atoms with Crippen LogP contribution in [0.25, 0.3) is 0 Å². The van der Waals surface area contributed by atoms with E-state index in [9.17, 15) is 19.5 Å². The number of hydrogen-bond acceptors (Lipinski definition) is 6. The van der Waals surface area contributed by atoms with Crippen molar-refractivity contribution in [1.29, 1.82) is 0 Å². The molecule has 3 aromatic rings. The maximum absolute atomic E-state index is 13.0. The summed E-state index contributed by atoms with van der Waals surface area (Å²) < 4.78 is 5.22. The number of H-pyrrole nitrogens is 1. The van der Waals surface area contributed by atoms with Crippen LogP contribution in [0.1, 0.15) is 16.8 Å². The molecule has 0 saturated heterocycles. The number of alkyl carbamates (subject to hydrolysis) is 1. The van der Waals surface area contributed by atoms with Crippen LogP contribution in [0.2, 0.25) is 0 Å². The number of aromatic amines is 1. The number of carbonyl (C=O) groups is 3. The van der Waals surface area contributed by atoms with Crippen molar-refractivity contribution in [2.24, 2.45) is 5.73 Å². The number of aromatic nitrogens is 2. The second-order valence-corrected chi connectivity index (χ2v) is 7.37. The Hall–Kier alpha value is -4.34. The molecule has 0 radical (unpaired) electrons. The molecule has 172 valence electrons. The lowest BCUT2D eigenvalue weighted by atomic mass is 10.0. The van der Waals surface area contributed by atoms with Crippen LogP contribution in [0.15, 0.2) is 67.1 Å². The fraction of sp³-hybridized carbons (Fsp3) is 0.217. The Morgan fingerprint density at radius 1 is 0.970 bits per heavy atom. The first kappa shape index (κ1) is 23.3. The summed E-state index contributed by atoms with van der Waals surface area (Å²) in [7, 11) is 0. The third-order valence-corrected chi connectivity index (χ3v) is 4.84. The number of hydrogen-bond donors (Lipinski definition) is 5. The highest BCUT2D eigenvalue weighted by Crippen LogP contribution is 2.12. The first-order valence-electron chi connectivity index (χ1n) is 10.2. The summed E-state index contributed by atoms with van der Waals surface area (Å²) in [6.07, 6.45) is 2.41. The molecule has 10 heteroatoms. The van der Waals surface area contributed by atoms with E-state index in [1.165, 1.54) is 24.7 Å². The maximum atomic E-state index is 13.0. The lowest BCUT2D eigenvalue weighted by Crippen LogP contribution is -2.54. The Bertz CT molecular complexity index is 1050. The molecular formula is C23H25N5O5. The number of ether oxygens (including phenoxy) is 1. The molecule has 0 fully saturated rings. The second kappa shape index (κ2) is 11.3. The van der Waals surface area contributed by atoms with E-state index < -0.39 is 30.0 Å². The van der Waals surface area contributed by atoms with Crippen molar-refractivity contribution in [1.82, 2.24) is 20.6 Å². The maximum Gasteiger partial charge on any atom is 0.408 e. The molecular weight excluding hydrogens is 426 g/mol. The summed E-state index contributed by atoms with van der Waals surface area (Å²) in [4.78, 5) is 44.1. The van der Waals surface area contributed by atoms with Gasteiger partial charge in [-0.1, -0.05) is 42.5 Å². The van der Waals surface area contributed by atoms with Gasteiger partial charge >= 0.3 is 6.09 Å². The van der Waals surface area contributed by atoms with Crippen LogP contribution in [-0.4, -0.2) is 45.1 Å². The lowest BCUT2D eigenvalue weighted by molar-refractivity contribution is -0.128. The van der Waals surface area contributed by atoms with E-state index in [1.54, 1.807) is 12.1 Å². The predicted octanol–water partition coefficient (Wildman–Crippen LogP) is 1.17. The van der Waals surface area contributed by atoms with Gasteiger partial charge in [-0.15, -0.1) is 0 Å². The number of nitrogens with one attached hydrogen (secondary N) is 3. The van der Waals surface area contributed by atoms with Crippen molar-refractivity contribution >= 4 is 17.9 Å². The summed E-state index contributed by atoms with van der Waals surface area (Å²) in [6, 6.07) is 13.2. The largest absolute Gasteiger partial charge is 0.508 e. The Morgan fingerprint density at radius 3 is 2.33 bits per heavy atom. The van der Waals surface area contributed by atoms with E-state index in [0.717, 1.165) is 5.56 Å². The van der Waals surface area contributed by atoms with Gasteiger partial charge in [0.05, 0.1) is 6.33 Å². The van der Waals surface area contributed by atoms with Gasteiger partial charge in [0.25, 0.3) is 0 Å². The molecule has 0 bridgehead atoms. The molecule has 2 atom stereocenters. The molecule has 1 heterocycles. The number of carbonyl (C=O) groups excluding carboxylic acids is 3. The van der Waals surface area contributed by atoms with Gasteiger partial charge in [0, 0.05) is 24.7 Å². The topological polar surface area (TPSA) is 159 Å². The van der Waals surface area contributed by atoms with E-state index >= 15 is 0 Å². The number of nitrogens with zero attached hydrogens (tertiary/aromatic N) is 1. The number of imidazole rings is 1. The zero-order chi connectivity index (χ0) is 23.6. The average molecular weight is 451 g/mol. The zero-order valence-corrected chi connectivity index (χ0v) is 17.7. The first-order chi connectivity index (χ1) is 15.9. The number of amides is 3. The van der Waals surface area contributed by atoms with Crippen molar-refractivity contribution in [2.75, 3.05) is 0 Å². The first-order valence-corrected chi connectivity index (χ1v) is 10.2. The van der Waals surface area contributed by atoms with Crippen LogP contribution in [0.5, 0.6) is 5.75 Å². The van der Waals surface area contributed by atoms with Crippen LogP contribution < -0.4 is 16.4 Å². The van der Waals surface area contributed by atoms with E-state index in [4.69, 9.17) is 10.5 Å². The minimum Gasteiger partial charge on any atom is -0.508 e. The van der Waals surface area contributed by atoms with Crippen molar-refractivity contribution < 1.29 is 24.2 Å². The Kier molecular flexibility index (Phi) is 8.01. The van der Waals surface area contributed by atoms with Crippen LogP contribution in [0.3, 0.4) is 0 Å². The van der Waals surface area contributed by atoms with Crippen LogP contribution >= 0.6 is 0 Å². The molecule has 0 aliphatic carbocycles. The fourth-order valence-corrected chi connectivity index (χ4v) is 3.10. The van der Waals surface area contributed by atoms with Crippen molar-refractivity contribution in [3.63, 3.8) is 0 Å². The normalized spacial score (nSPS) is 12.4. The molecule has 33 heavy (non-hydrogen) atoms. The molecule has 1 aromatic heterocycles. The highest BCUT2D eigenvalue weighted by atomic mass is 16.5. The van der Waals surface area contributed by atoms with Gasteiger partial charge in [-0.25, -0.2) is 9.78 Å². The highest BCUT2D eigenvalue weighted by molar-refractivity contribution is 5.91. The summed E-state index contributed by atoms with van der Waals surface area (Å²) >= 11 is 0.